The van der Waals surface area contributed by atoms with E-state index in [2.05, 4.69) is 5.32 Å². The van der Waals surface area contributed by atoms with Crippen LogP contribution in [0.5, 0.6) is 0 Å². The van der Waals surface area contributed by atoms with Gasteiger partial charge >= 0.3 is 5.97 Å². The molecule has 1 heterocycles. The largest absolute Gasteiger partial charge is 0.480 e. The molecule has 0 radical (unpaired) electrons. The van der Waals surface area contributed by atoms with Crippen LogP contribution in [0.3, 0.4) is 0 Å². The van der Waals surface area contributed by atoms with Crippen molar-refractivity contribution in [2.75, 3.05) is 0 Å². The number of carboxylic acids is 1. The Morgan fingerprint density at radius 2 is 2.15 bits per heavy atom. The van der Waals surface area contributed by atoms with E-state index in [1.807, 2.05) is 35.7 Å². The monoisotopic (exact) mass is 307 g/mol. The molecule has 0 fully saturated rings. The molecule has 2 N–H and O–H groups in total. The summed E-state index contributed by atoms with van der Waals surface area (Å²) >= 11 is 7.61. The highest BCUT2D eigenvalue weighted by Gasteiger charge is 2.43. The molecule has 3 nitrogen and oxygen atoms in total. The summed E-state index contributed by atoms with van der Waals surface area (Å²) in [4.78, 5) is 12.9. The smallest absolute Gasteiger partial charge is 0.324 e. The molecule has 0 bridgehead atoms. The van der Waals surface area contributed by atoms with Gasteiger partial charge in [0.2, 0.25) is 0 Å². The van der Waals surface area contributed by atoms with Crippen LogP contribution in [-0.4, -0.2) is 16.6 Å². The highest BCUT2D eigenvalue weighted by molar-refractivity contribution is 7.09. The van der Waals surface area contributed by atoms with E-state index in [1.54, 1.807) is 11.3 Å². The molecular formula is C15H14ClNO2S. The van der Waals surface area contributed by atoms with Crippen molar-refractivity contribution in [2.24, 2.45) is 0 Å². The van der Waals surface area contributed by atoms with Gasteiger partial charge in [0.1, 0.15) is 5.54 Å². The normalized spacial score (nSPS) is 20.9. The topological polar surface area (TPSA) is 49.3 Å². The second kappa shape index (κ2) is 5.20. The summed E-state index contributed by atoms with van der Waals surface area (Å²) < 4.78 is 0. The van der Waals surface area contributed by atoms with E-state index in [0.717, 1.165) is 16.0 Å². The van der Waals surface area contributed by atoms with Crippen molar-refractivity contribution in [1.29, 1.82) is 0 Å². The number of nitrogens with one attached hydrogen (secondary N) is 1. The number of halogens is 1. The molecule has 1 aliphatic rings. The van der Waals surface area contributed by atoms with E-state index in [4.69, 9.17) is 11.6 Å². The molecule has 0 saturated carbocycles. The van der Waals surface area contributed by atoms with Crippen LogP contribution in [0.15, 0.2) is 35.7 Å². The van der Waals surface area contributed by atoms with Gasteiger partial charge in [0.15, 0.2) is 0 Å². The molecule has 2 aromatic rings. The first-order chi connectivity index (χ1) is 9.59. The van der Waals surface area contributed by atoms with Crippen molar-refractivity contribution in [3.63, 3.8) is 0 Å². The molecule has 1 unspecified atom stereocenters. The third kappa shape index (κ3) is 2.46. The number of carbonyl (C=O) groups is 1. The second-order valence-corrected chi connectivity index (χ2v) is 6.56. The van der Waals surface area contributed by atoms with Gasteiger partial charge in [-0.2, -0.15) is 0 Å². The number of rotatable bonds is 4. The fourth-order valence-electron chi connectivity index (χ4n) is 2.67. The highest BCUT2D eigenvalue weighted by atomic mass is 35.5. The summed E-state index contributed by atoms with van der Waals surface area (Å²) in [5.74, 6) is -0.804. The number of fused-ring (bicyclic) bond motifs is 1. The Hall–Kier alpha value is -1.36. The fourth-order valence-corrected chi connectivity index (χ4v) is 3.50. The molecule has 20 heavy (non-hydrogen) atoms. The maximum Gasteiger partial charge on any atom is 0.324 e. The molecule has 0 amide bonds. The van der Waals surface area contributed by atoms with Crippen LogP contribution in [0.4, 0.5) is 0 Å². The highest BCUT2D eigenvalue weighted by Crippen LogP contribution is 2.32. The molecule has 1 aromatic heterocycles. The molecule has 3 rings (SSSR count). The first kappa shape index (κ1) is 13.6. The van der Waals surface area contributed by atoms with E-state index in [1.165, 1.54) is 0 Å². The first-order valence-corrected chi connectivity index (χ1v) is 7.63. The Morgan fingerprint density at radius 1 is 1.35 bits per heavy atom. The number of carboxylic acid groups (broad SMARTS) is 1. The van der Waals surface area contributed by atoms with Gasteiger partial charge in [-0.1, -0.05) is 23.7 Å². The lowest BCUT2D eigenvalue weighted by atomic mass is 9.96. The van der Waals surface area contributed by atoms with Crippen molar-refractivity contribution in [3.8, 4) is 0 Å². The van der Waals surface area contributed by atoms with Crippen molar-refractivity contribution in [2.45, 2.75) is 24.9 Å². The summed E-state index contributed by atoms with van der Waals surface area (Å²) in [6.45, 7) is 0.575. The Labute approximate surface area is 126 Å². The quantitative estimate of drug-likeness (QED) is 0.912. The van der Waals surface area contributed by atoms with Gasteiger partial charge in [0, 0.05) is 29.3 Å². The van der Waals surface area contributed by atoms with Crippen LogP contribution < -0.4 is 5.32 Å². The average Bonchev–Trinajstić information content (AvgIpc) is 3.03. The maximum atomic E-state index is 11.7. The fraction of sp³-hybridized carbons (Fsp3) is 0.267. The number of aliphatic carboxylic acids is 1. The number of hydrogen-bond donors (Lipinski definition) is 2. The van der Waals surface area contributed by atoms with Crippen molar-refractivity contribution in [1.82, 2.24) is 5.32 Å². The van der Waals surface area contributed by atoms with Crippen molar-refractivity contribution < 1.29 is 9.90 Å². The number of benzene rings is 1. The molecule has 104 valence electrons. The predicted molar refractivity (Wildman–Crippen MR) is 80.4 cm³/mol. The van der Waals surface area contributed by atoms with E-state index in [-0.39, 0.29) is 0 Å². The van der Waals surface area contributed by atoms with Gasteiger partial charge in [-0.3, -0.25) is 10.1 Å². The molecule has 0 aliphatic heterocycles. The third-order valence-corrected chi connectivity index (χ3v) is 4.85. The lowest BCUT2D eigenvalue weighted by Crippen LogP contribution is -2.52. The summed E-state index contributed by atoms with van der Waals surface area (Å²) in [6, 6.07) is 9.59. The zero-order chi connectivity index (χ0) is 14.2. The Balaban J connectivity index is 1.83. The molecule has 5 heteroatoms. The minimum atomic E-state index is -0.920. The predicted octanol–water partition coefficient (Wildman–Crippen LogP) is 3.11. The van der Waals surface area contributed by atoms with Crippen molar-refractivity contribution >= 4 is 28.9 Å². The Bertz CT molecular complexity index is 641. The van der Waals surface area contributed by atoms with Gasteiger partial charge in [-0.05, 0) is 34.7 Å². The Morgan fingerprint density at radius 3 is 2.85 bits per heavy atom. The molecule has 0 spiro atoms. The summed E-state index contributed by atoms with van der Waals surface area (Å²) in [5.41, 5.74) is 1.17. The van der Waals surface area contributed by atoms with Gasteiger partial charge < -0.3 is 5.11 Å². The molecule has 0 saturated heterocycles. The zero-order valence-corrected chi connectivity index (χ0v) is 12.3. The van der Waals surface area contributed by atoms with Gasteiger partial charge in [0.25, 0.3) is 0 Å². The van der Waals surface area contributed by atoms with E-state index in [9.17, 15) is 9.90 Å². The minimum Gasteiger partial charge on any atom is -0.480 e. The molecule has 1 atom stereocenters. The lowest BCUT2D eigenvalue weighted by Gasteiger charge is -2.25. The van der Waals surface area contributed by atoms with E-state index < -0.39 is 11.5 Å². The van der Waals surface area contributed by atoms with E-state index in [0.29, 0.717) is 24.4 Å². The van der Waals surface area contributed by atoms with Gasteiger partial charge in [-0.15, -0.1) is 11.3 Å². The maximum absolute atomic E-state index is 11.7. The van der Waals surface area contributed by atoms with Gasteiger partial charge in [0.05, 0.1) is 0 Å². The SMILES string of the molecule is O=C(O)C1(NCc2cccs2)Cc2ccc(Cl)cc2C1. The zero-order valence-electron chi connectivity index (χ0n) is 10.7. The van der Waals surface area contributed by atoms with Crippen molar-refractivity contribution in [3.05, 3.63) is 56.7 Å². The van der Waals surface area contributed by atoms with Crippen LogP contribution in [0.25, 0.3) is 0 Å². The summed E-state index contributed by atoms with van der Waals surface area (Å²) in [7, 11) is 0. The second-order valence-electron chi connectivity index (χ2n) is 5.09. The van der Waals surface area contributed by atoms with Crippen LogP contribution in [-0.2, 0) is 24.2 Å². The summed E-state index contributed by atoms with van der Waals surface area (Å²) in [6.07, 6.45) is 0.976. The molecular weight excluding hydrogens is 294 g/mol. The lowest BCUT2D eigenvalue weighted by molar-refractivity contribution is -0.144. The molecule has 1 aliphatic carbocycles. The van der Waals surface area contributed by atoms with Crippen LogP contribution in [0.2, 0.25) is 5.02 Å². The summed E-state index contributed by atoms with van der Waals surface area (Å²) in [5, 5.41) is 15.5. The minimum absolute atomic E-state index is 0.476. The van der Waals surface area contributed by atoms with Gasteiger partial charge in [-0.25, -0.2) is 0 Å². The van der Waals surface area contributed by atoms with Crippen LogP contribution in [0, 0.1) is 0 Å². The molecule has 1 aromatic carbocycles. The average molecular weight is 308 g/mol. The van der Waals surface area contributed by atoms with Crippen LogP contribution >= 0.6 is 22.9 Å². The Kier molecular flexibility index (Phi) is 3.54. The van der Waals surface area contributed by atoms with E-state index >= 15 is 0 Å². The number of hydrogen-bond acceptors (Lipinski definition) is 3. The standard InChI is InChI=1S/C15H14ClNO2S/c16-12-4-3-10-7-15(14(18)19,8-11(10)6-12)17-9-13-2-1-5-20-13/h1-6,17H,7-9H2,(H,18,19). The number of thiophene rings is 1. The van der Waals surface area contributed by atoms with Crippen LogP contribution in [0.1, 0.15) is 16.0 Å². The first-order valence-electron chi connectivity index (χ1n) is 6.37. The third-order valence-electron chi connectivity index (χ3n) is 3.74.